The molecule has 0 aromatic heterocycles. The SMILES string of the molecule is c1ccc2c(c1)C1ON=C3CCCN2C31. The third-order valence-electron chi connectivity index (χ3n) is 3.63. The summed E-state index contributed by atoms with van der Waals surface area (Å²) < 4.78 is 0. The Hall–Kier alpha value is -1.51. The standard InChI is InChI=1S/C12H12N2O/c1-2-6-10-8(4-1)12-11-9(13-15-12)5-3-7-14(10)11/h1-2,4,6,11-12H,3,5,7H2. The van der Waals surface area contributed by atoms with E-state index in [2.05, 4.69) is 34.3 Å². The van der Waals surface area contributed by atoms with Crippen LogP contribution in [-0.4, -0.2) is 18.3 Å². The van der Waals surface area contributed by atoms with E-state index >= 15 is 0 Å². The number of hydrogen-bond acceptors (Lipinski definition) is 3. The van der Waals surface area contributed by atoms with Crippen LogP contribution in [0, 0.1) is 0 Å². The maximum Gasteiger partial charge on any atom is 0.180 e. The summed E-state index contributed by atoms with van der Waals surface area (Å²) in [6.07, 6.45) is 2.46. The molecule has 3 heterocycles. The number of nitrogens with zero attached hydrogens (tertiary/aromatic N) is 2. The van der Waals surface area contributed by atoms with Crippen LogP contribution in [0.15, 0.2) is 29.4 Å². The number of rotatable bonds is 0. The van der Waals surface area contributed by atoms with Crippen LogP contribution in [0.4, 0.5) is 5.69 Å². The zero-order valence-corrected chi connectivity index (χ0v) is 8.39. The van der Waals surface area contributed by atoms with E-state index in [1.165, 1.54) is 23.4 Å². The molecular weight excluding hydrogens is 188 g/mol. The van der Waals surface area contributed by atoms with Crippen LogP contribution in [-0.2, 0) is 4.84 Å². The topological polar surface area (TPSA) is 24.8 Å². The van der Waals surface area contributed by atoms with E-state index in [0.717, 1.165) is 13.0 Å². The fraction of sp³-hybridized carbons (Fsp3) is 0.417. The first-order valence-corrected chi connectivity index (χ1v) is 5.53. The Morgan fingerprint density at radius 1 is 1.33 bits per heavy atom. The van der Waals surface area contributed by atoms with Crippen LogP contribution in [0.25, 0.3) is 0 Å². The smallest absolute Gasteiger partial charge is 0.180 e. The lowest BCUT2D eigenvalue weighted by atomic mass is 9.98. The molecule has 2 atom stereocenters. The highest BCUT2D eigenvalue weighted by atomic mass is 16.6. The highest BCUT2D eigenvalue weighted by Crippen LogP contribution is 2.47. The molecule has 0 saturated carbocycles. The Balaban J connectivity index is 1.91. The van der Waals surface area contributed by atoms with Gasteiger partial charge in [-0.1, -0.05) is 23.4 Å². The fourth-order valence-corrected chi connectivity index (χ4v) is 3.00. The van der Waals surface area contributed by atoms with E-state index in [9.17, 15) is 0 Å². The van der Waals surface area contributed by atoms with Crippen molar-refractivity contribution in [2.45, 2.75) is 25.0 Å². The third kappa shape index (κ3) is 0.838. The van der Waals surface area contributed by atoms with Crippen molar-refractivity contribution in [1.29, 1.82) is 0 Å². The molecule has 76 valence electrons. The van der Waals surface area contributed by atoms with E-state index in [-0.39, 0.29) is 6.10 Å². The number of piperidine rings is 1. The molecule has 0 aliphatic carbocycles. The second kappa shape index (κ2) is 2.54. The first kappa shape index (κ1) is 7.74. The summed E-state index contributed by atoms with van der Waals surface area (Å²) in [5.41, 5.74) is 3.89. The minimum absolute atomic E-state index is 0.163. The molecule has 1 saturated heterocycles. The van der Waals surface area contributed by atoms with E-state index in [0.29, 0.717) is 6.04 Å². The van der Waals surface area contributed by atoms with Crippen LogP contribution < -0.4 is 4.90 Å². The van der Waals surface area contributed by atoms with Crippen LogP contribution in [0.5, 0.6) is 0 Å². The molecule has 0 radical (unpaired) electrons. The predicted octanol–water partition coefficient (Wildman–Crippen LogP) is 2.10. The lowest BCUT2D eigenvalue weighted by Crippen LogP contribution is -2.42. The predicted molar refractivity (Wildman–Crippen MR) is 58.1 cm³/mol. The number of benzene rings is 1. The largest absolute Gasteiger partial charge is 0.385 e. The molecule has 0 N–H and O–H groups in total. The van der Waals surface area contributed by atoms with Gasteiger partial charge in [0.1, 0.15) is 6.04 Å². The Morgan fingerprint density at radius 3 is 3.27 bits per heavy atom. The van der Waals surface area contributed by atoms with E-state index < -0.39 is 0 Å². The van der Waals surface area contributed by atoms with E-state index in [4.69, 9.17) is 4.84 Å². The summed E-state index contributed by atoms with van der Waals surface area (Å²) >= 11 is 0. The molecule has 3 aliphatic heterocycles. The Kier molecular flexibility index (Phi) is 1.31. The van der Waals surface area contributed by atoms with Gasteiger partial charge in [-0.05, 0) is 18.9 Å². The number of para-hydroxylation sites is 1. The number of hydrogen-bond donors (Lipinski definition) is 0. The van der Waals surface area contributed by atoms with Crippen LogP contribution in [0.1, 0.15) is 24.5 Å². The van der Waals surface area contributed by atoms with Crippen molar-refractivity contribution in [3.05, 3.63) is 29.8 Å². The van der Waals surface area contributed by atoms with Gasteiger partial charge in [-0.2, -0.15) is 0 Å². The maximum atomic E-state index is 5.56. The fourth-order valence-electron chi connectivity index (χ4n) is 3.00. The summed E-state index contributed by atoms with van der Waals surface area (Å²) in [6.45, 7) is 1.14. The molecule has 3 nitrogen and oxygen atoms in total. The van der Waals surface area contributed by atoms with Crippen molar-refractivity contribution in [3.63, 3.8) is 0 Å². The quantitative estimate of drug-likeness (QED) is 0.640. The van der Waals surface area contributed by atoms with Gasteiger partial charge in [-0.3, -0.25) is 0 Å². The second-order valence-electron chi connectivity index (χ2n) is 4.41. The zero-order valence-electron chi connectivity index (χ0n) is 8.39. The Bertz CT molecular complexity index is 455. The van der Waals surface area contributed by atoms with Gasteiger partial charge < -0.3 is 9.74 Å². The van der Waals surface area contributed by atoms with Crippen molar-refractivity contribution in [1.82, 2.24) is 0 Å². The molecule has 0 spiro atoms. The average molecular weight is 200 g/mol. The van der Waals surface area contributed by atoms with Crippen molar-refractivity contribution >= 4 is 11.4 Å². The third-order valence-corrected chi connectivity index (χ3v) is 3.63. The number of anilines is 1. The zero-order chi connectivity index (χ0) is 9.83. The van der Waals surface area contributed by atoms with Gasteiger partial charge in [0, 0.05) is 17.8 Å². The Morgan fingerprint density at radius 2 is 2.27 bits per heavy atom. The summed E-state index contributed by atoms with van der Waals surface area (Å²) in [4.78, 5) is 8.02. The summed E-state index contributed by atoms with van der Waals surface area (Å²) in [7, 11) is 0. The average Bonchev–Trinajstić information content (AvgIpc) is 2.85. The highest BCUT2D eigenvalue weighted by molar-refractivity contribution is 5.97. The van der Waals surface area contributed by atoms with E-state index in [1.54, 1.807) is 0 Å². The number of oxime groups is 1. The minimum atomic E-state index is 0.163. The van der Waals surface area contributed by atoms with E-state index in [1.807, 2.05) is 0 Å². The first-order chi connectivity index (χ1) is 7.45. The van der Waals surface area contributed by atoms with Crippen molar-refractivity contribution in [2.24, 2.45) is 5.16 Å². The normalized spacial score (nSPS) is 30.7. The molecular formula is C12H12N2O. The second-order valence-corrected chi connectivity index (χ2v) is 4.41. The van der Waals surface area contributed by atoms with Gasteiger partial charge in [-0.15, -0.1) is 0 Å². The van der Waals surface area contributed by atoms with Gasteiger partial charge in [-0.25, -0.2) is 0 Å². The van der Waals surface area contributed by atoms with Crippen molar-refractivity contribution in [3.8, 4) is 0 Å². The molecule has 3 aliphatic rings. The van der Waals surface area contributed by atoms with Gasteiger partial charge in [0.2, 0.25) is 0 Å². The minimum Gasteiger partial charge on any atom is -0.385 e. The highest BCUT2D eigenvalue weighted by Gasteiger charge is 2.48. The van der Waals surface area contributed by atoms with Gasteiger partial charge in [0.15, 0.2) is 6.10 Å². The van der Waals surface area contributed by atoms with Crippen LogP contribution >= 0.6 is 0 Å². The summed E-state index contributed by atoms with van der Waals surface area (Å²) in [5, 5.41) is 4.21. The maximum absolute atomic E-state index is 5.56. The lowest BCUT2D eigenvalue weighted by Gasteiger charge is -2.30. The van der Waals surface area contributed by atoms with Crippen molar-refractivity contribution < 1.29 is 4.84 Å². The molecule has 15 heavy (non-hydrogen) atoms. The molecule has 0 bridgehead atoms. The summed E-state index contributed by atoms with van der Waals surface area (Å²) in [6, 6.07) is 8.94. The Labute approximate surface area is 88.3 Å². The molecule has 4 rings (SSSR count). The molecule has 1 aromatic rings. The summed E-state index contributed by atoms with van der Waals surface area (Å²) in [5.74, 6) is 0. The molecule has 2 unspecified atom stereocenters. The first-order valence-electron chi connectivity index (χ1n) is 5.53. The van der Waals surface area contributed by atoms with Gasteiger partial charge in [0.25, 0.3) is 0 Å². The van der Waals surface area contributed by atoms with Gasteiger partial charge >= 0.3 is 0 Å². The van der Waals surface area contributed by atoms with Crippen molar-refractivity contribution in [2.75, 3.05) is 11.4 Å². The molecule has 0 amide bonds. The molecule has 1 fully saturated rings. The molecule has 1 aromatic carbocycles. The van der Waals surface area contributed by atoms with Gasteiger partial charge in [0.05, 0.1) is 5.71 Å². The molecule has 3 heteroatoms. The van der Waals surface area contributed by atoms with Crippen LogP contribution in [0.3, 0.4) is 0 Å². The number of fused-ring (bicyclic) bond motifs is 3. The lowest BCUT2D eigenvalue weighted by molar-refractivity contribution is 0.0826. The van der Waals surface area contributed by atoms with Crippen LogP contribution in [0.2, 0.25) is 0 Å². The monoisotopic (exact) mass is 200 g/mol.